The van der Waals surface area contributed by atoms with E-state index in [1.165, 1.54) is 24.9 Å². The average Bonchev–Trinajstić information content (AvgIpc) is 3.21. The number of halogens is 2. The Morgan fingerprint density at radius 3 is 2.58 bits per heavy atom. The maximum Gasteiger partial charge on any atom is 0.234 e. The van der Waals surface area contributed by atoms with E-state index in [2.05, 4.69) is 15.5 Å². The van der Waals surface area contributed by atoms with Crippen molar-refractivity contribution in [2.45, 2.75) is 11.7 Å². The first-order valence-electron chi connectivity index (χ1n) is 10.0. The fourth-order valence-corrected chi connectivity index (χ4v) is 4.21. The fourth-order valence-electron chi connectivity index (χ4n) is 3.22. The van der Waals surface area contributed by atoms with Gasteiger partial charge in [-0.1, -0.05) is 65.8 Å². The highest BCUT2D eigenvalue weighted by atomic mass is 35.5. The number of hydrogen-bond donors (Lipinski definition) is 1. The number of carbonyl (C=O) groups is 1. The van der Waals surface area contributed by atoms with Crippen molar-refractivity contribution in [1.82, 2.24) is 14.8 Å². The number of thioether (sulfide) groups is 1. The van der Waals surface area contributed by atoms with Crippen molar-refractivity contribution in [2.24, 2.45) is 0 Å². The summed E-state index contributed by atoms with van der Waals surface area (Å²) in [6.07, 6.45) is 0. The lowest BCUT2D eigenvalue weighted by Crippen LogP contribution is -2.15. The molecule has 1 N–H and O–H groups in total. The van der Waals surface area contributed by atoms with Crippen LogP contribution in [0.2, 0.25) is 5.02 Å². The average molecular weight is 483 g/mol. The van der Waals surface area contributed by atoms with Gasteiger partial charge < -0.3 is 10.1 Å². The summed E-state index contributed by atoms with van der Waals surface area (Å²) in [5.41, 5.74) is 1.92. The van der Waals surface area contributed by atoms with Crippen LogP contribution in [0.15, 0.2) is 78.0 Å². The highest BCUT2D eigenvalue weighted by Gasteiger charge is 2.18. The molecule has 0 spiro atoms. The van der Waals surface area contributed by atoms with Gasteiger partial charge in [0.15, 0.2) is 11.0 Å². The maximum absolute atomic E-state index is 14.5. The van der Waals surface area contributed by atoms with Gasteiger partial charge in [0.2, 0.25) is 5.91 Å². The number of rotatable bonds is 8. The van der Waals surface area contributed by atoms with Crippen molar-refractivity contribution in [3.8, 4) is 17.1 Å². The van der Waals surface area contributed by atoms with Gasteiger partial charge in [-0.15, -0.1) is 10.2 Å². The van der Waals surface area contributed by atoms with Gasteiger partial charge in [-0.3, -0.25) is 9.36 Å². The van der Waals surface area contributed by atoms with E-state index in [0.29, 0.717) is 39.5 Å². The Morgan fingerprint density at radius 2 is 1.85 bits per heavy atom. The lowest BCUT2D eigenvalue weighted by atomic mass is 10.2. The van der Waals surface area contributed by atoms with Gasteiger partial charge in [0.25, 0.3) is 0 Å². The number of nitrogens with one attached hydrogen (secondary N) is 1. The van der Waals surface area contributed by atoms with Crippen molar-refractivity contribution in [1.29, 1.82) is 0 Å². The number of carbonyl (C=O) groups excluding carboxylic acids is 1. The Bertz CT molecular complexity index is 1270. The molecule has 1 aromatic heterocycles. The predicted molar refractivity (Wildman–Crippen MR) is 128 cm³/mol. The monoisotopic (exact) mass is 482 g/mol. The van der Waals surface area contributed by atoms with Crippen LogP contribution in [0.1, 0.15) is 5.56 Å². The molecule has 0 fully saturated rings. The van der Waals surface area contributed by atoms with Crippen LogP contribution in [0.4, 0.5) is 10.1 Å². The molecule has 9 heteroatoms. The molecule has 4 aromatic rings. The summed E-state index contributed by atoms with van der Waals surface area (Å²) in [6, 6.07) is 21.2. The summed E-state index contributed by atoms with van der Waals surface area (Å²) in [5.74, 6) is 0.404. The molecule has 33 heavy (non-hydrogen) atoms. The van der Waals surface area contributed by atoms with E-state index in [9.17, 15) is 9.18 Å². The Labute approximate surface area is 199 Å². The molecule has 0 unspecified atom stereocenters. The number of aromatic nitrogens is 3. The zero-order valence-electron chi connectivity index (χ0n) is 17.7. The Morgan fingerprint density at radius 1 is 1.09 bits per heavy atom. The van der Waals surface area contributed by atoms with Gasteiger partial charge in [0, 0.05) is 5.69 Å². The van der Waals surface area contributed by atoms with Crippen LogP contribution in [0, 0.1) is 5.82 Å². The molecule has 3 aromatic carbocycles. The third kappa shape index (κ3) is 5.53. The SMILES string of the molecule is COc1ccc(NC(=O)CSc2nnc(-c3ccccc3F)n2Cc2ccccc2)cc1Cl. The summed E-state index contributed by atoms with van der Waals surface area (Å²) in [5, 5.41) is 12.2. The largest absolute Gasteiger partial charge is 0.495 e. The zero-order valence-corrected chi connectivity index (χ0v) is 19.2. The molecule has 1 heterocycles. The molecule has 0 bridgehead atoms. The normalized spacial score (nSPS) is 10.8. The molecule has 1 amide bonds. The minimum Gasteiger partial charge on any atom is -0.495 e. The summed E-state index contributed by atoms with van der Waals surface area (Å²) in [6.45, 7) is 0.440. The third-order valence-corrected chi connectivity index (χ3v) is 6.05. The van der Waals surface area contributed by atoms with E-state index in [-0.39, 0.29) is 17.5 Å². The minimum absolute atomic E-state index is 0.0911. The number of benzene rings is 3. The Kier molecular flexibility index (Phi) is 7.26. The molecule has 0 atom stereocenters. The molecule has 0 aliphatic heterocycles. The topological polar surface area (TPSA) is 69.0 Å². The second-order valence-electron chi connectivity index (χ2n) is 7.04. The molecule has 4 rings (SSSR count). The predicted octanol–water partition coefficient (Wildman–Crippen LogP) is 5.53. The molecule has 0 radical (unpaired) electrons. The number of methoxy groups -OCH3 is 1. The first-order valence-corrected chi connectivity index (χ1v) is 11.4. The number of anilines is 1. The maximum atomic E-state index is 14.5. The van der Waals surface area contributed by atoms with Gasteiger partial charge in [0.05, 0.1) is 30.0 Å². The number of hydrogen-bond acceptors (Lipinski definition) is 5. The standard InChI is InChI=1S/C24H20ClFN4O2S/c1-32-21-12-11-17(13-19(21)25)27-22(31)15-33-24-29-28-23(18-9-5-6-10-20(18)26)30(24)14-16-7-3-2-4-8-16/h2-13H,14-15H2,1H3,(H,27,31). The summed E-state index contributed by atoms with van der Waals surface area (Å²) in [4.78, 5) is 12.5. The van der Waals surface area contributed by atoms with E-state index in [0.717, 1.165) is 5.56 Å². The zero-order chi connectivity index (χ0) is 23.2. The van der Waals surface area contributed by atoms with Crippen molar-refractivity contribution in [3.05, 3.63) is 89.2 Å². The van der Waals surface area contributed by atoms with Gasteiger partial charge >= 0.3 is 0 Å². The second kappa shape index (κ2) is 10.5. The fraction of sp³-hybridized carbons (Fsp3) is 0.125. The van der Waals surface area contributed by atoms with E-state index in [4.69, 9.17) is 16.3 Å². The molecule has 0 saturated carbocycles. The first kappa shape index (κ1) is 22.8. The molecule has 0 aliphatic carbocycles. The molecular formula is C24H20ClFN4O2S. The minimum atomic E-state index is -0.384. The van der Waals surface area contributed by atoms with Crippen LogP contribution in [0.25, 0.3) is 11.4 Å². The second-order valence-corrected chi connectivity index (χ2v) is 8.39. The highest BCUT2D eigenvalue weighted by molar-refractivity contribution is 7.99. The summed E-state index contributed by atoms with van der Waals surface area (Å²) >= 11 is 7.35. The van der Waals surface area contributed by atoms with Crippen LogP contribution < -0.4 is 10.1 Å². The molecule has 0 aliphatic rings. The Balaban J connectivity index is 1.54. The summed E-state index contributed by atoms with van der Waals surface area (Å²) < 4.78 is 21.4. The van der Waals surface area contributed by atoms with E-state index in [1.54, 1.807) is 36.4 Å². The molecule has 0 saturated heterocycles. The van der Waals surface area contributed by atoms with Crippen LogP contribution >= 0.6 is 23.4 Å². The van der Waals surface area contributed by atoms with Crippen molar-refractivity contribution < 1.29 is 13.9 Å². The van der Waals surface area contributed by atoms with Crippen LogP contribution in [0.5, 0.6) is 5.75 Å². The van der Waals surface area contributed by atoms with Crippen molar-refractivity contribution in [3.63, 3.8) is 0 Å². The van der Waals surface area contributed by atoms with E-state index in [1.807, 2.05) is 34.9 Å². The number of amides is 1. The van der Waals surface area contributed by atoms with Gasteiger partial charge in [-0.25, -0.2) is 4.39 Å². The van der Waals surface area contributed by atoms with Gasteiger partial charge in [-0.05, 0) is 35.9 Å². The van der Waals surface area contributed by atoms with Crippen molar-refractivity contribution in [2.75, 3.05) is 18.2 Å². The molecular weight excluding hydrogens is 463 g/mol. The van der Waals surface area contributed by atoms with E-state index >= 15 is 0 Å². The quantitative estimate of drug-likeness (QED) is 0.335. The summed E-state index contributed by atoms with van der Waals surface area (Å²) in [7, 11) is 1.53. The van der Waals surface area contributed by atoms with Crippen LogP contribution in [-0.4, -0.2) is 33.5 Å². The van der Waals surface area contributed by atoms with Gasteiger partial charge in [0.1, 0.15) is 11.6 Å². The number of nitrogens with zero attached hydrogens (tertiary/aromatic N) is 3. The van der Waals surface area contributed by atoms with Crippen molar-refractivity contribution >= 4 is 35.0 Å². The van der Waals surface area contributed by atoms with Crippen LogP contribution in [-0.2, 0) is 11.3 Å². The smallest absolute Gasteiger partial charge is 0.234 e. The van der Waals surface area contributed by atoms with Crippen LogP contribution in [0.3, 0.4) is 0 Å². The third-order valence-electron chi connectivity index (χ3n) is 4.78. The molecule has 6 nitrogen and oxygen atoms in total. The lowest BCUT2D eigenvalue weighted by Gasteiger charge is -2.11. The van der Waals surface area contributed by atoms with E-state index < -0.39 is 0 Å². The Hall–Kier alpha value is -3.36. The first-order chi connectivity index (χ1) is 16.0. The number of ether oxygens (including phenoxy) is 1. The highest BCUT2D eigenvalue weighted by Crippen LogP contribution is 2.29. The molecule has 168 valence electrons. The lowest BCUT2D eigenvalue weighted by molar-refractivity contribution is -0.113. The van der Waals surface area contributed by atoms with Gasteiger partial charge in [-0.2, -0.15) is 0 Å².